The molecule has 0 saturated heterocycles. The molecular formula is C16H20FIN4O2S. The Balaban J connectivity index is 0.00000312. The normalized spacial score (nSPS) is 11.6. The number of aliphatic imine (C=N–C) groups is 1. The molecule has 2 rings (SSSR count). The molecule has 0 heterocycles. The molecule has 25 heavy (non-hydrogen) atoms. The fourth-order valence-corrected chi connectivity index (χ4v) is 2.51. The van der Waals surface area contributed by atoms with E-state index in [1.165, 1.54) is 24.3 Å². The molecule has 0 radical (unpaired) electrons. The highest BCUT2D eigenvalue weighted by Crippen LogP contribution is 2.08. The van der Waals surface area contributed by atoms with Gasteiger partial charge in [0.05, 0.1) is 4.90 Å². The van der Waals surface area contributed by atoms with Gasteiger partial charge in [0.2, 0.25) is 10.0 Å². The SMILES string of the molecule is CN=C(NCc1ccc(F)cc1)NCc1ccc(S(N)(=O)=O)cc1.I. The average molecular weight is 478 g/mol. The van der Waals surface area contributed by atoms with E-state index in [9.17, 15) is 12.8 Å². The number of guanidine groups is 1. The van der Waals surface area contributed by atoms with Crippen molar-refractivity contribution in [3.63, 3.8) is 0 Å². The lowest BCUT2D eigenvalue weighted by Gasteiger charge is -2.12. The lowest BCUT2D eigenvalue weighted by molar-refractivity contribution is 0.597. The van der Waals surface area contributed by atoms with Crippen molar-refractivity contribution < 1.29 is 12.8 Å². The van der Waals surface area contributed by atoms with Crippen molar-refractivity contribution in [2.45, 2.75) is 18.0 Å². The molecule has 0 aliphatic heterocycles. The van der Waals surface area contributed by atoms with Crippen LogP contribution in [0.15, 0.2) is 58.4 Å². The van der Waals surface area contributed by atoms with Crippen LogP contribution in [0.3, 0.4) is 0 Å². The van der Waals surface area contributed by atoms with Crippen molar-refractivity contribution in [3.8, 4) is 0 Å². The zero-order valence-electron chi connectivity index (χ0n) is 13.6. The van der Waals surface area contributed by atoms with E-state index in [0.29, 0.717) is 19.0 Å². The number of nitrogens with two attached hydrogens (primary N) is 1. The van der Waals surface area contributed by atoms with Crippen LogP contribution < -0.4 is 15.8 Å². The summed E-state index contributed by atoms with van der Waals surface area (Å²) in [4.78, 5) is 4.17. The Morgan fingerprint density at radius 3 is 1.84 bits per heavy atom. The number of rotatable bonds is 5. The average Bonchev–Trinajstić information content (AvgIpc) is 2.56. The molecule has 0 unspecified atom stereocenters. The van der Waals surface area contributed by atoms with Gasteiger partial charge < -0.3 is 10.6 Å². The molecule has 4 N–H and O–H groups in total. The molecular weight excluding hydrogens is 458 g/mol. The lowest BCUT2D eigenvalue weighted by Crippen LogP contribution is -2.36. The summed E-state index contributed by atoms with van der Waals surface area (Å²) in [5, 5.41) is 11.3. The number of hydrogen-bond donors (Lipinski definition) is 3. The minimum atomic E-state index is -3.68. The molecule has 136 valence electrons. The smallest absolute Gasteiger partial charge is 0.238 e. The maximum Gasteiger partial charge on any atom is 0.238 e. The summed E-state index contributed by atoms with van der Waals surface area (Å²) in [6.45, 7) is 0.971. The Kier molecular flexibility index (Phi) is 8.26. The first-order chi connectivity index (χ1) is 11.4. The van der Waals surface area contributed by atoms with E-state index >= 15 is 0 Å². The van der Waals surface area contributed by atoms with Gasteiger partial charge in [0.25, 0.3) is 0 Å². The summed E-state index contributed by atoms with van der Waals surface area (Å²) < 4.78 is 35.3. The Morgan fingerprint density at radius 1 is 1.00 bits per heavy atom. The van der Waals surface area contributed by atoms with E-state index in [1.807, 2.05) is 0 Å². The largest absolute Gasteiger partial charge is 0.352 e. The molecule has 2 aromatic rings. The molecule has 0 atom stereocenters. The summed E-state index contributed by atoms with van der Waals surface area (Å²) in [6, 6.07) is 12.5. The minimum absolute atomic E-state index is 0. The number of primary sulfonamides is 1. The maximum absolute atomic E-state index is 12.9. The first-order valence-corrected chi connectivity index (χ1v) is 8.74. The van der Waals surface area contributed by atoms with E-state index in [4.69, 9.17) is 5.14 Å². The summed E-state index contributed by atoms with van der Waals surface area (Å²) >= 11 is 0. The number of halogens is 2. The fraction of sp³-hybridized carbons (Fsp3) is 0.188. The second-order valence-corrected chi connectivity index (χ2v) is 6.66. The van der Waals surface area contributed by atoms with E-state index < -0.39 is 10.0 Å². The van der Waals surface area contributed by atoms with Crippen molar-refractivity contribution in [2.75, 3.05) is 7.05 Å². The summed E-state index contributed by atoms with van der Waals surface area (Å²) in [5.41, 5.74) is 1.81. The van der Waals surface area contributed by atoms with Crippen LogP contribution in [0.1, 0.15) is 11.1 Å². The third-order valence-corrected chi connectivity index (χ3v) is 4.24. The third-order valence-electron chi connectivity index (χ3n) is 3.31. The summed E-state index contributed by atoms with van der Waals surface area (Å²) in [5.74, 6) is 0.305. The number of benzene rings is 2. The number of nitrogens with one attached hydrogen (secondary N) is 2. The monoisotopic (exact) mass is 478 g/mol. The first-order valence-electron chi connectivity index (χ1n) is 7.19. The third kappa shape index (κ3) is 6.96. The zero-order chi connectivity index (χ0) is 17.6. The second-order valence-electron chi connectivity index (χ2n) is 5.09. The highest BCUT2D eigenvalue weighted by Gasteiger charge is 2.07. The summed E-state index contributed by atoms with van der Waals surface area (Å²) in [6.07, 6.45) is 0. The minimum Gasteiger partial charge on any atom is -0.352 e. The molecule has 6 nitrogen and oxygen atoms in total. The standard InChI is InChI=1S/C16H19FN4O2S.HI/c1-19-16(20-10-12-2-6-14(17)7-3-12)21-11-13-4-8-15(9-5-13)24(18,22)23;/h2-9H,10-11H2,1H3,(H2,18,22,23)(H2,19,20,21);1H. The van der Waals surface area contributed by atoms with Gasteiger partial charge in [0, 0.05) is 20.1 Å². The van der Waals surface area contributed by atoms with Gasteiger partial charge in [0.15, 0.2) is 5.96 Å². The van der Waals surface area contributed by atoms with E-state index in [0.717, 1.165) is 11.1 Å². The van der Waals surface area contributed by atoms with Gasteiger partial charge in [-0.2, -0.15) is 0 Å². The van der Waals surface area contributed by atoms with Crippen LogP contribution in [0.4, 0.5) is 4.39 Å². The van der Waals surface area contributed by atoms with Crippen molar-refractivity contribution in [1.82, 2.24) is 10.6 Å². The van der Waals surface area contributed by atoms with Crippen LogP contribution >= 0.6 is 24.0 Å². The van der Waals surface area contributed by atoms with Gasteiger partial charge in [-0.05, 0) is 35.4 Å². The van der Waals surface area contributed by atoms with Crippen LogP contribution in [-0.2, 0) is 23.1 Å². The Labute approximate surface area is 163 Å². The quantitative estimate of drug-likeness (QED) is 0.348. The predicted octanol–water partition coefficient (Wildman–Crippen LogP) is 1.96. The number of hydrogen-bond acceptors (Lipinski definition) is 3. The van der Waals surface area contributed by atoms with Crippen LogP contribution in [0.25, 0.3) is 0 Å². The van der Waals surface area contributed by atoms with Crippen molar-refractivity contribution in [3.05, 3.63) is 65.5 Å². The van der Waals surface area contributed by atoms with Gasteiger partial charge >= 0.3 is 0 Å². The lowest BCUT2D eigenvalue weighted by atomic mass is 10.2. The Morgan fingerprint density at radius 2 is 1.44 bits per heavy atom. The molecule has 2 aromatic carbocycles. The fourth-order valence-electron chi connectivity index (χ4n) is 1.99. The highest BCUT2D eigenvalue weighted by atomic mass is 127. The zero-order valence-corrected chi connectivity index (χ0v) is 16.7. The van der Waals surface area contributed by atoms with E-state index in [1.54, 1.807) is 31.3 Å². The molecule has 0 amide bonds. The number of sulfonamides is 1. The molecule has 0 aliphatic rings. The van der Waals surface area contributed by atoms with Crippen molar-refractivity contribution >= 4 is 40.0 Å². The van der Waals surface area contributed by atoms with Crippen molar-refractivity contribution in [1.29, 1.82) is 0 Å². The second kappa shape index (κ2) is 9.68. The molecule has 0 aromatic heterocycles. The molecule has 0 fully saturated rings. The molecule has 0 saturated carbocycles. The molecule has 0 aliphatic carbocycles. The molecule has 0 bridgehead atoms. The number of nitrogens with zero attached hydrogens (tertiary/aromatic N) is 1. The highest BCUT2D eigenvalue weighted by molar-refractivity contribution is 14.0. The molecule has 9 heteroatoms. The summed E-state index contributed by atoms with van der Waals surface area (Å²) in [7, 11) is -2.04. The molecule has 0 spiro atoms. The van der Waals surface area contributed by atoms with E-state index in [2.05, 4.69) is 15.6 Å². The van der Waals surface area contributed by atoms with Crippen LogP contribution in [0.5, 0.6) is 0 Å². The maximum atomic E-state index is 12.9. The van der Waals surface area contributed by atoms with Gasteiger partial charge in [-0.1, -0.05) is 24.3 Å². The van der Waals surface area contributed by atoms with Crippen molar-refractivity contribution in [2.24, 2.45) is 10.1 Å². The van der Waals surface area contributed by atoms with E-state index in [-0.39, 0.29) is 34.7 Å². The van der Waals surface area contributed by atoms with Gasteiger partial charge in [-0.15, -0.1) is 24.0 Å². The predicted molar refractivity (Wildman–Crippen MR) is 107 cm³/mol. The van der Waals surface area contributed by atoms with Crippen LogP contribution in [0, 0.1) is 5.82 Å². The Bertz CT molecular complexity index is 809. The topological polar surface area (TPSA) is 96.6 Å². The van der Waals surface area contributed by atoms with Gasteiger partial charge in [-0.25, -0.2) is 17.9 Å². The van der Waals surface area contributed by atoms with Gasteiger partial charge in [0.1, 0.15) is 5.82 Å². The van der Waals surface area contributed by atoms with Crippen LogP contribution in [0.2, 0.25) is 0 Å². The van der Waals surface area contributed by atoms with Gasteiger partial charge in [-0.3, -0.25) is 4.99 Å². The Hall–Kier alpha value is -1.72. The first kappa shape index (κ1) is 21.3. The van der Waals surface area contributed by atoms with Crippen LogP contribution in [-0.4, -0.2) is 21.4 Å².